The number of hydrogen-bond donors (Lipinski definition) is 2. The van der Waals surface area contributed by atoms with Crippen molar-refractivity contribution < 1.29 is 14.7 Å². The minimum absolute atomic E-state index is 0.387. The molecule has 1 rings (SSSR count). The smallest absolute Gasteiger partial charge is 0.326 e. The summed E-state index contributed by atoms with van der Waals surface area (Å²) in [4.78, 5) is 28.2. The monoisotopic (exact) mass is 265 g/mol. The molecule has 1 heterocycles. The number of pyridine rings is 1. The lowest BCUT2D eigenvalue weighted by Gasteiger charge is -2.21. The SMILES string of the molecule is CCC[C@H](NC(=O)N(C)Cc1cccnc1)C(=O)O. The Morgan fingerprint density at radius 3 is 2.79 bits per heavy atom. The van der Waals surface area contributed by atoms with Crippen LogP contribution in [0.4, 0.5) is 4.79 Å². The number of aromatic nitrogens is 1. The van der Waals surface area contributed by atoms with Crippen molar-refractivity contribution in [2.75, 3.05) is 7.05 Å². The summed E-state index contributed by atoms with van der Waals surface area (Å²) >= 11 is 0. The summed E-state index contributed by atoms with van der Waals surface area (Å²) in [5, 5.41) is 11.5. The number of carboxylic acid groups (broad SMARTS) is 1. The Bertz CT molecular complexity index is 422. The molecule has 0 spiro atoms. The molecule has 6 heteroatoms. The number of urea groups is 1. The summed E-state index contributed by atoms with van der Waals surface area (Å²) in [6.45, 7) is 2.26. The number of amides is 2. The van der Waals surface area contributed by atoms with Crippen LogP contribution in [0.2, 0.25) is 0 Å². The predicted octanol–water partition coefficient (Wildman–Crippen LogP) is 1.48. The second-order valence-corrected chi connectivity index (χ2v) is 4.35. The molecule has 0 aromatic carbocycles. The average molecular weight is 265 g/mol. The number of rotatable bonds is 6. The van der Waals surface area contributed by atoms with Crippen LogP contribution in [0.5, 0.6) is 0 Å². The first kappa shape index (κ1) is 14.9. The highest BCUT2D eigenvalue weighted by molar-refractivity contribution is 5.82. The average Bonchev–Trinajstić information content (AvgIpc) is 2.39. The maximum Gasteiger partial charge on any atom is 0.326 e. The van der Waals surface area contributed by atoms with Crippen LogP contribution in [-0.2, 0) is 11.3 Å². The zero-order valence-electron chi connectivity index (χ0n) is 11.2. The van der Waals surface area contributed by atoms with Gasteiger partial charge in [0.2, 0.25) is 0 Å². The number of hydrogen-bond acceptors (Lipinski definition) is 3. The van der Waals surface area contributed by atoms with Gasteiger partial charge in [0.1, 0.15) is 6.04 Å². The van der Waals surface area contributed by atoms with Crippen molar-refractivity contribution in [3.05, 3.63) is 30.1 Å². The Balaban J connectivity index is 2.54. The molecule has 1 aromatic rings. The van der Waals surface area contributed by atoms with Gasteiger partial charge in [-0.15, -0.1) is 0 Å². The maximum atomic E-state index is 11.9. The summed E-state index contributed by atoms with van der Waals surface area (Å²) in [6.07, 6.45) is 4.45. The highest BCUT2D eigenvalue weighted by Crippen LogP contribution is 2.03. The molecule has 1 atom stereocenters. The minimum Gasteiger partial charge on any atom is -0.480 e. The second kappa shape index (κ2) is 7.35. The molecule has 0 bridgehead atoms. The second-order valence-electron chi connectivity index (χ2n) is 4.35. The van der Waals surface area contributed by atoms with Gasteiger partial charge in [-0.3, -0.25) is 4.98 Å². The summed E-state index contributed by atoms with van der Waals surface area (Å²) in [5.41, 5.74) is 0.891. The summed E-state index contributed by atoms with van der Waals surface area (Å²) in [7, 11) is 1.62. The normalized spacial score (nSPS) is 11.7. The van der Waals surface area contributed by atoms with E-state index in [1.807, 2.05) is 13.0 Å². The maximum absolute atomic E-state index is 11.9. The summed E-state index contributed by atoms with van der Waals surface area (Å²) in [6, 6.07) is 2.41. The molecule has 0 aliphatic carbocycles. The highest BCUT2D eigenvalue weighted by Gasteiger charge is 2.20. The van der Waals surface area contributed by atoms with Crippen LogP contribution >= 0.6 is 0 Å². The number of nitrogens with one attached hydrogen (secondary N) is 1. The third-order valence-corrected chi connectivity index (χ3v) is 2.66. The Hall–Kier alpha value is -2.11. The highest BCUT2D eigenvalue weighted by atomic mass is 16.4. The van der Waals surface area contributed by atoms with Crippen molar-refractivity contribution in [1.82, 2.24) is 15.2 Å². The van der Waals surface area contributed by atoms with Crippen LogP contribution in [0.1, 0.15) is 25.3 Å². The van der Waals surface area contributed by atoms with E-state index < -0.39 is 18.0 Å². The van der Waals surface area contributed by atoms with E-state index in [1.54, 1.807) is 25.5 Å². The molecule has 104 valence electrons. The van der Waals surface area contributed by atoms with Gasteiger partial charge in [-0.05, 0) is 18.1 Å². The van der Waals surface area contributed by atoms with Crippen molar-refractivity contribution in [1.29, 1.82) is 0 Å². The first-order valence-corrected chi connectivity index (χ1v) is 6.18. The fourth-order valence-electron chi connectivity index (χ4n) is 1.64. The fraction of sp³-hybridized carbons (Fsp3) is 0.462. The molecule has 2 amide bonds. The van der Waals surface area contributed by atoms with Gasteiger partial charge in [0.25, 0.3) is 0 Å². The van der Waals surface area contributed by atoms with Crippen LogP contribution in [0.3, 0.4) is 0 Å². The lowest BCUT2D eigenvalue weighted by molar-refractivity contribution is -0.139. The number of carbonyl (C=O) groups excluding carboxylic acids is 1. The Morgan fingerprint density at radius 2 is 2.26 bits per heavy atom. The zero-order chi connectivity index (χ0) is 14.3. The molecular weight excluding hydrogens is 246 g/mol. The lowest BCUT2D eigenvalue weighted by atomic mass is 10.2. The van der Waals surface area contributed by atoms with Crippen LogP contribution in [0.15, 0.2) is 24.5 Å². The van der Waals surface area contributed by atoms with E-state index in [1.165, 1.54) is 4.90 Å². The number of carbonyl (C=O) groups is 2. The van der Waals surface area contributed by atoms with Crippen LogP contribution in [-0.4, -0.2) is 40.1 Å². The first-order chi connectivity index (χ1) is 9.04. The standard InChI is InChI=1S/C13H19N3O3/c1-3-5-11(12(17)18)15-13(19)16(2)9-10-6-4-7-14-8-10/h4,6-8,11H,3,5,9H2,1-2H3,(H,15,19)(H,17,18)/t11-/m0/s1. The summed E-state index contributed by atoms with van der Waals surface area (Å²) < 4.78 is 0. The molecular formula is C13H19N3O3. The Morgan fingerprint density at radius 1 is 1.53 bits per heavy atom. The van der Waals surface area contributed by atoms with Crippen LogP contribution in [0.25, 0.3) is 0 Å². The molecule has 19 heavy (non-hydrogen) atoms. The van der Waals surface area contributed by atoms with Crippen LogP contribution < -0.4 is 5.32 Å². The van der Waals surface area contributed by atoms with Crippen molar-refractivity contribution in [2.24, 2.45) is 0 Å². The molecule has 0 fully saturated rings. The van der Waals surface area contributed by atoms with E-state index in [9.17, 15) is 9.59 Å². The van der Waals surface area contributed by atoms with Gasteiger partial charge >= 0.3 is 12.0 Å². The van der Waals surface area contributed by atoms with Gasteiger partial charge in [0.15, 0.2) is 0 Å². The third-order valence-electron chi connectivity index (χ3n) is 2.66. The van der Waals surface area contributed by atoms with Gasteiger partial charge in [-0.2, -0.15) is 0 Å². The number of nitrogens with zero attached hydrogens (tertiary/aromatic N) is 2. The predicted molar refractivity (Wildman–Crippen MR) is 70.6 cm³/mol. The van der Waals surface area contributed by atoms with E-state index in [-0.39, 0.29) is 0 Å². The Labute approximate surface area is 112 Å². The van der Waals surface area contributed by atoms with Crippen molar-refractivity contribution in [3.63, 3.8) is 0 Å². The van der Waals surface area contributed by atoms with Gasteiger partial charge in [-0.1, -0.05) is 19.4 Å². The molecule has 0 saturated carbocycles. The molecule has 6 nitrogen and oxygen atoms in total. The molecule has 2 N–H and O–H groups in total. The lowest BCUT2D eigenvalue weighted by Crippen LogP contribution is -2.46. The molecule has 0 aliphatic heterocycles. The topological polar surface area (TPSA) is 82.5 Å². The molecule has 0 unspecified atom stereocenters. The van der Waals surface area contributed by atoms with E-state index in [2.05, 4.69) is 10.3 Å². The minimum atomic E-state index is -1.01. The van der Waals surface area contributed by atoms with Gasteiger partial charge in [-0.25, -0.2) is 9.59 Å². The molecule has 0 aliphatic rings. The van der Waals surface area contributed by atoms with E-state index in [4.69, 9.17) is 5.11 Å². The van der Waals surface area contributed by atoms with E-state index in [0.29, 0.717) is 19.4 Å². The van der Waals surface area contributed by atoms with Crippen molar-refractivity contribution in [2.45, 2.75) is 32.4 Å². The third kappa shape index (κ3) is 4.95. The number of carboxylic acids is 1. The molecule has 0 radical (unpaired) electrons. The van der Waals surface area contributed by atoms with E-state index >= 15 is 0 Å². The van der Waals surface area contributed by atoms with Crippen molar-refractivity contribution in [3.8, 4) is 0 Å². The molecule has 1 aromatic heterocycles. The quantitative estimate of drug-likeness (QED) is 0.816. The molecule has 0 saturated heterocycles. The first-order valence-electron chi connectivity index (χ1n) is 6.18. The Kier molecular flexibility index (Phi) is 5.78. The summed E-state index contributed by atoms with van der Waals surface area (Å²) in [5.74, 6) is -1.01. The zero-order valence-corrected chi connectivity index (χ0v) is 11.2. The number of aliphatic carboxylic acids is 1. The van der Waals surface area contributed by atoms with Gasteiger partial charge < -0.3 is 15.3 Å². The van der Waals surface area contributed by atoms with Gasteiger partial charge in [0, 0.05) is 26.0 Å². The van der Waals surface area contributed by atoms with Crippen LogP contribution in [0, 0.1) is 0 Å². The van der Waals surface area contributed by atoms with Gasteiger partial charge in [0.05, 0.1) is 0 Å². The largest absolute Gasteiger partial charge is 0.480 e. The fourth-order valence-corrected chi connectivity index (χ4v) is 1.64. The van der Waals surface area contributed by atoms with Crippen molar-refractivity contribution >= 4 is 12.0 Å². The van der Waals surface area contributed by atoms with E-state index in [0.717, 1.165) is 5.56 Å².